The van der Waals surface area contributed by atoms with Crippen LogP contribution in [0.4, 0.5) is 0 Å². The number of aryl methyl sites for hydroxylation is 2. The summed E-state index contributed by atoms with van der Waals surface area (Å²) in [6.45, 7) is 0.837. The Balaban J connectivity index is 1.25. The average Bonchev–Trinajstić information content (AvgIpc) is 3.17. The molecule has 0 bridgehead atoms. The Kier molecular flexibility index (Phi) is 4.99. The number of hydrogen-bond donors (Lipinski definition) is 0. The van der Waals surface area contributed by atoms with Crippen LogP contribution in [0.3, 0.4) is 0 Å². The van der Waals surface area contributed by atoms with E-state index in [1.807, 2.05) is 29.3 Å². The molecular weight excluding hydrogens is 360 g/mol. The lowest BCUT2D eigenvalue weighted by molar-refractivity contribution is 0.459. The maximum atomic E-state index is 4.66. The van der Waals surface area contributed by atoms with Gasteiger partial charge in [0.1, 0.15) is 5.52 Å². The predicted molar refractivity (Wildman–Crippen MR) is 112 cm³/mol. The minimum Gasteiger partial charge on any atom is -0.264 e. The van der Waals surface area contributed by atoms with E-state index in [-0.39, 0.29) is 0 Å². The molecule has 0 aromatic carbocycles. The van der Waals surface area contributed by atoms with Crippen molar-refractivity contribution in [2.75, 3.05) is 0 Å². The lowest BCUT2D eigenvalue weighted by Gasteiger charge is -2.24. The van der Waals surface area contributed by atoms with Crippen LogP contribution < -0.4 is 0 Å². The summed E-state index contributed by atoms with van der Waals surface area (Å²) < 4.78 is 1.94. The molecule has 0 saturated carbocycles. The first-order chi connectivity index (χ1) is 14.4. The third-order valence-electron chi connectivity index (χ3n) is 5.77. The van der Waals surface area contributed by atoms with Crippen LogP contribution in [0.1, 0.15) is 54.0 Å². The Hall–Kier alpha value is -3.15. The van der Waals surface area contributed by atoms with Crippen LogP contribution in [0, 0.1) is 0 Å². The molecule has 6 heteroatoms. The fourth-order valence-electron chi connectivity index (χ4n) is 4.36. The number of aromatic nitrogens is 6. The Labute approximate surface area is 170 Å². The van der Waals surface area contributed by atoms with Crippen LogP contribution in [-0.4, -0.2) is 29.9 Å². The highest BCUT2D eigenvalue weighted by Crippen LogP contribution is 2.33. The number of nitrogens with zero attached hydrogens (tertiary/aromatic N) is 6. The van der Waals surface area contributed by atoms with Gasteiger partial charge in [-0.15, -0.1) is 5.10 Å². The van der Waals surface area contributed by atoms with Crippen molar-refractivity contribution in [3.8, 4) is 0 Å². The fourth-order valence-corrected chi connectivity index (χ4v) is 4.36. The zero-order valence-corrected chi connectivity index (χ0v) is 16.4. The Morgan fingerprint density at radius 2 is 2.00 bits per heavy atom. The second-order valence-electron chi connectivity index (χ2n) is 7.82. The summed E-state index contributed by atoms with van der Waals surface area (Å²) in [4.78, 5) is 13.5. The highest BCUT2D eigenvalue weighted by Gasteiger charge is 2.21. The van der Waals surface area contributed by atoms with Crippen molar-refractivity contribution in [3.05, 3.63) is 77.5 Å². The van der Waals surface area contributed by atoms with Gasteiger partial charge in [-0.1, -0.05) is 17.3 Å². The van der Waals surface area contributed by atoms with Crippen LogP contribution in [-0.2, 0) is 19.4 Å². The van der Waals surface area contributed by atoms with Crippen molar-refractivity contribution in [1.29, 1.82) is 0 Å². The zero-order valence-electron chi connectivity index (χ0n) is 16.4. The highest BCUT2D eigenvalue weighted by atomic mass is 15.4. The second kappa shape index (κ2) is 8.07. The van der Waals surface area contributed by atoms with Crippen molar-refractivity contribution < 1.29 is 0 Å². The van der Waals surface area contributed by atoms with Crippen LogP contribution >= 0.6 is 0 Å². The van der Waals surface area contributed by atoms with Gasteiger partial charge in [0.15, 0.2) is 5.65 Å². The molecule has 4 heterocycles. The van der Waals surface area contributed by atoms with Crippen LogP contribution in [0.25, 0.3) is 11.2 Å². The first-order valence-electron chi connectivity index (χ1n) is 10.4. The third-order valence-corrected chi connectivity index (χ3v) is 5.77. The van der Waals surface area contributed by atoms with Crippen molar-refractivity contribution in [2.24, 2.45) is 0 Å². The van der Waals surface area contributed by atoms with Crippen molar-refractivity contribution >= 4 is 11.2 Å². The smallest absolute Gasteiger partial charge is 0.178 e. The molecule has 0 fully saturated rings. The van der Waals surface area contributed by atoms with Gasteiger partial charge in [0.05, 0.1) is 0 Å². The molecule has 4 aromatic rings. The number of fused-ring (bicyclic) bond motifs is 2. The lowest BCUT2D eigenvalue weighted by Crippen LogP contribution is -2.13. The summed E-state index contributed by atoms with van der Waals surface area (Å²) in [7, 11) is 0. The summed E-state index contributed by atoms with van der Waals surface area (Å²) in [5.41, 5.74) is 6.75. The molecule has 0 radical (unpaired) electrons. The molecule has 1 aliphatic rings. The molecule has 1 atom stereocenters. The quantitative estimate of drug-likeness (QED) is 0.500. The Bertz CT molecular complexity index is 1100. The zero-order chi connectivity index (χ0) is 19.5. The van der Waals surface area contributed by atoms with Crippen molar-refractivity contribution in [3.63, 3.8) is 0 Å². The second-order valence-corrected chi connectivity index (χ2v) is 7.82. The van der Waals surface area contributed by atoms with E-state index in [9.17, 15) is 0 Å². The molecule has 29 heavy (non-hydrogen) atoms. The molecule has 5 rings (SSSR count). The molecular formula is C23H24N6. The van der Waals surface area contributed by atoms with Gasteiger partial charge in [-0.2, -0.15) is 0 Å². The molecule has 0 saturated heterocycles. The summed E-state index contributed by atoms with van der Waals surface area (Å²) in [6, 6.07) is 10.4. The van der Waals surface area contributed by atoms with E-state index in [2.05, 4.69) is 49.5 Å². The standard InChI is InChI=1S/C23H24N6/c1-6-19-8-3-11-25-22(19)20(7-1)9-4-12-29-23-21(27-28-29)14-18(16-26-23)13-17-5-2-10-24-15-17/h2-3,5,8,10-11,14-16,20H,1,4,6-7,9,12-13H2. The summed E-state index contributed by atoms with van der Waals surface area (Å²) in [6.07, 6.45) is 14.2. The maximum absolute atomic E-state index is 4.66. The monoisotopic (exact) mass is 384 g/mol. The van der Waals surface area contributed by atoms with E-state index in [4.69, 9.17) is 0 Å². The van der Waals surface area contributed by atoms with Gasteiger partial charge >= 0.3 is 0 Å². The van der Waals surface area contributed by atoms with Crippen molar-refractivity contribution in [2.45, 2.75) is 51.0 Å². The van der Waals surface area contributed by atoms with Gasteiger partial charge in [-0.05, 0) is 67.0 Å². The molecule has 4 aromatic heterocycles. The van der Waals surface area contributed by atoms with Crippen LogP contribution in [0.5, 0.6) is 0 Å². The van der Waals surface area contributed by atoms with E-state index < -0.39 is 0 Å². The Morgan fingerprint density at radius 1 is 1.03 bits per heavy atom. The molecule has 6 nitrogen and oxygen atoms in total. The summed E-state index contributed by atoms with van der Waals surface area (Å²) in [5.74, 6) is 0.564. The first kappa shape index (κ1) is 17.9. The normalized spacial score (nSPS) is 16.1. The number of rotatable bonds is 6. The molecule has 0 aliphatic heterocycles. The summed E-state index contributed by atoms with van der Waals surface area (Å²) >= 11 is 0. The largest absolute Gasteiger partial charge is 0.264 e. The van der Waals surface area contributed by atoms with Crippen LogP contribution in [0.15, 0.2) is 55.1 Å². The summed E-state index contributed by atoms with van der Waals surface area (Å²) in [5, 5.41) is 8.69. The minimum atomic E-state index is 0.564. The average molecular weight is 384 g/mol. The van der Waals surface area contributed by atoms with Gasteiger partial charge < -0.3 is 0 Å². The van der Waals surface area contributed by atoms with Gasteiger partial charge in [0.2, 0.25) is 0 Å². The van der Waals surface area contributed by atoms with E-state index in [0.717, 1.165) is 42.5 Å². The van der Waals surface area contributed by atoms with Gasteiger partial charge in [-0.3, -0.25) is 9.97 Å². The van der Waals surface area contributed by atoms with Crippen molar-refractivity contribution in [1.82, 2.24) is 29.9 Å². The van der Waals surface area contributed by atoms with Gasteiger partial charge in [0.25, 0.3) is 0 Å². The van der Waals surface area contributed by atoms with Gasteiger partial charge in [-0.25, -0.2) is 9.67 Å². The molecule has 0 N–H and O–H groups in total. The Morgan fingerprint density at radius 3 is 2.93 bits per heavy atom. The number of hydrogen-bond acceptors (Lipinski definition) is 5. The first-order valence-corrected chi connectivity index (χ1v) is 10.4. The molecule has 0 amide bonds. The van der Waals surface area contributed by atoms with E-state index in [1.54, 1.807) is 6.20 Å². The lowest BCUT2D eigenvalue weighted by atomic mass is 9.84. The predicted octanol–water partition coefficient (Wildman–Crippen LogP) is 4.11. The SMILES string of the molecule is c1cncc(Cc2cnc3c(c2)nnn3CCCC2CCCc3cccnc32)c1. The van der Waals surface area contributed by atoms with E-state index >= 15 is 0 Å². The van der Waals surface area contributed by atoms with Gasteiger partial charge in [0, 0.05) is 49.4 Å². The maximum Gasteiger partial charge on any atom is 0.178 e. The molecule has 0 spiro atoms. The fraction of sp³-hybridized carbons (Fsp3) is 0.348. The van der Waals surface area contributed by atoms with E-state index in [1.165, 1.54) is 36.1 Å². The third kappa shape index (κ3) is 3.88. The number of pyridine rings is 3. The minimum absolute atomic E-state index is 0.564. The molecule has 1 unspecified atom stereocenters. The van der Waals surface area contributed by atoms with E-state index in [0.29, 0.717) is 5.92 Å². The van der Waals surface area contributed by atoms with Crippen LogP contribution in [0.2, 0.25) is 0 Å². The molecule has 146 valence electrons. The highest BCUT2D eigenvalue weighted by molar-refractivity contribution is 5.70. The topological polar surface area (TPSA) is 69.4 Å². The molecule has 1 aliphatic carbocycles.